The average Bonchev–Trinajstić information content (AvgIpc) is 2.63. The van der Waals surface area contributed by atoms with Gasteiger partial charge in [0.1, 0.15) is 0 Å². The molecule has 0 saturated carbocycles. The van der Waals surface area contributed by atoms with Crippen LogP contribution in [0.3, 0.4) is 0 Å². The van der Waals surface area contributed by atoms with Crippen molar-refractivity contribution < 1.29 is 26.7 Å². The maximum absolute atomic E-state index is 11.5. The third kappa shape index (κ3) is 24.6. The molecule has 8 heteroatoms. The molecule has 1 radical (unpaired) electrons. The maximum atomic E-state index is 11.5. The van der Waals surface area contributed by atoms with Crippen LogP contribution in [0.2, 0.25) is 0 Å². The van der Waals surface area contributed by atoms with Crippen LogP contribution in [0.4, 0.5) is 0 Å². The monoisotopic (exact) mass is 459 g/mol. The zero-order valence-corrected chi connectivity index (χ0v) is 22.7. The van der Waals surface area contributed by atoms with Crippen LogP contribution < -0.4 is 0 Å². The van der Waals surface area contributed by atoms with Gasteiger partial charge in [-0.15, -0.1) is 0 Å². The van der Waals surface area contributed by atoms with E-state index in [1.54, 1.807) is 0 Å². The van der Waals surface area contributed by atoms with Gasteiger partial charge in [0.15, 0.2) is 0 Å². The first kappa shape index (κ1) is 32.5. The molecule has 0 saturated heterocycles. The molecule has 0 fully saturated rings. The van der Waals surface area contributed by atoms with Gasteiger partial charge in [-0.05, 0) is 25.2 Å². The number of hydrogen-bond donors (Lipinski definition) is 1. The molecule has 0 aromatic rings. The Kier molecular flexibility index (Phi) is 23.0. The molecule has 0 heterocycles. The molecule has 175 valence electrons. The van der Waals surface area contributed by atoms with Crippen molar-refractivity contribution >= 4 is 45.9 Å². The number of carbonyl (C=O) groups excluding carboxylic acids is 1. The molecule has 1 unspecified atom stereocenters. The normalized spacial score (nSPS) is 12.6. The number of ether oxygens (including phenoxy) is 1. The number of rotatable bonds is 20. The minimum atomic E-state index is -4.39. The van der Waals surface area contributed by atoms with Gasteiger partial charge in [0.25, 0.3) is 0 Å². The van der Waals surface area contributed by atoms with Crippen LogP contribution in [0.1, 0.15) is 117 Å². The van der Waals surface area contributed by atoms with Crippen molar-refractivity contribution in [1.29, 1.82) is 0 Å². The van der Waals surface area contributed by atoms with Crippen LogP contribution >= 0.6 is 0 Å². The van der Waals surface area contributed by atoms with Gasteiger partial charge in [-0.1, -0.05) is 91.4 Å². The van der Waals surface area contributed by atoms with E-state index in [2.05, 4.69) is 6.92 Å². The molecule has 0 rings (SSSR count). The first-order valence-electron chi connectivity index (χ1n) is 11.6. The molecular formula is C22H44NaO6S. The molecule has 6 nitrogen and oxygen atoms in total. The van der Waals surface area contributed by atoms with E-state index in [1.807, 2.05) is 13.8 Å². The minimum absolute atomic E-state index is 0. The smallest absolute Gasteiger partial charge is 0.397 e. The number of hydrogen-bond acceptors (Lipinski definition) is 5. The predicted octanol–water partition coefficient (Wildman–Crippen LogP) is 5.86. The van der Waals surface area contributed by atoms with Gasteiger partial charge in [-0.3, -0.25) is 9.35 Å². The summed E-state index contributed by atoms with van der Waals surface area (Å²) in [6.45, 7) is 6.71. The third-order valence-electron chi connectivity index (χ3n) is 4.87. The van der Waals surface area contributed by atoms with E-state index in [0.717, 1.165) is 57.8 Å². The van der Waals surface area contributed by atoms with Gasteiger partial charge in [0, 0.05) is 36.0 Å². The van der Waals surface area contributed by atoms with E-state index in [-0.39, 0.29) is 35.5 Å². The van der Waals surface area contributed by atoms with Crippen molar-refractivity contribution in [2.24, 2.45) is 5.92 Å². The van der Waals surface area contributed by atoms with Gasteiger partial charge >= 0.3 is 16.4 Å². The Morgan fingerprint density at radius 1 is 0.833 bits per heavy atom. The zero-order chi connectivity index (χ0) is 22.0. The van der Waals surface area contributed by atoms with Crippen molar-refractivity contribution in [1.82, 2.24) is 0 Å². The Balaban J connectivity index is 0. The summed E-state index contributed by atoms with van der Waals surface area (Å²) in [7, 11) is -4.39. The molecule has 0 aromatic heterocycles. The second-order valence-electron chi connectivity index (χ2n) is 8.44. The van der Waals surface area contributed by atoms with Crippen molar-refractivity contribution in [2.75, 3.05) is 6.61 Å². The molecule has 30 heavy (non-hydrogen) atoms. The minimum Gasteiger partial charge on any atom is -0.465 e. The number of carbonyl (C=O) groups is 1. The van der Waals surface area contributed by atoms with Crippen molar-refractivity contribution in [3.05, 3.63) is 0 Å². The molecule has 1 atom stereocenters. The SMILES string of the molecule is CCCCCCCCC(CCCCCCCCC(=O)OCC(C)C)OS(=O)(=O)O.[Na]. The zero-order valence-electron chi connectivity index (χ0n) is 19.9. The van der Waals surface area contributed by atoms with Crippen LogP contribution in [0.5, 0.6) is 0 Å². The third-order valence-corrected chi connectivity index (χ3v) is 5.39. The molecule has 0 aliphatic rings. The molecule has 1 N–H and O–H groups in total. The fourth-order valence-corrected chi connectivity index (χ4v) is 3.78. The van der Waals surface area contributed by atoms with Gasteiger partial charge in [-0.25, -0.2) is 4.18 Å². The van der Waals surface area contributed by atoms with Crippen LogP contribution in [0.15, 0.2) is 0 Å². The summed E-state index contributed by atoms with van der Waals surface area (Å²) in [5.41, 5.74) is 0. The summed E-state index contributed by atoms with van der Waals surface area (Å²) in [6.07, 6.45) is 14.0. The number of unbranched alkanes of at least 4 members (excludes halogenated alkanes) is 10. The molecule has 0 aliphatic carbocycles. The van der Waals surface area contributed by atoms with E-state index in [4.69, 9.17) is 13.5 Å². The Bertz CT molecular complexity index is 496. The number of esters is 1. The van der Waals surface area contributed by atoms with Gasteiger partial charge in [0.05, 0.1) is 12.7 Å². The van der Waals surface area contributed by atoms with E-state index < -0.39 is 16.5 Å². The summed E-state index contributed by atoms with van der Waals surface area (Å²) in [5, 5.41) is 0. The molecule has 0 spiro atoms. The standard InChI is InChI=1S/C22H44O6S.Na/c1-4-5-6-7-10-13-16-21(28-29(24,25)26)17-14-11-8-9-12-15-18-22(23)27-19-20(2)3;/h20-21H,4-19H2,1-3H3,(H,24,25,26);. The molecule has 0 aliphatic heterocycles. The second kappa shape index (κ2) is 21.2. The Morgan fingerprint density at radius 2 is 1.30 bits per heavy atom. The van der Waals surface area contributed by atoms with Gasteiger partial charge in [-0.2, -0.15) is 8.42 Å². The van der Waals surface area contributed by atoms with Crippen LogP contribution in [0.25, 0.3) is 0 Å². The van der Waals surface area contributed by atoms with Crippen LogP contribution in [-0.4, -0.2) is 61.2 Å². The van der Waals surface area contributed by atoms with Crippen molar-refractivity contribution in [3.63, 3.8) is 0 Å². The Labute approximate surface area is 207 Å². The van der Waals surface area contributed by atoms with E-state index in [1.165, 1.54) is 19.3 Å². The van der Waals surface area contributed by atoms with E-state index in [9.17, 15) is 13.2 Å². The second-order valence-corrected chi connectivity index (χ2v) is 9.49. The van der Waals surface area contributed by atoms with Crippen LogP contribution in [-0.2, 0) is 24.1 Å². The first-order valence-corrected chi connectivity index (χ1v) is 12.9. The molecule has 0 bridgehead atoms. The molecular weight excluding hydrogens is 415 g/mol. The summed E-state index contributed by atoms with van der Waals surface area (Å²) in [6, 6.07) is 0. The topological polar surface area (TPSA) is 89.9 Å². The van der Waals surface area contributed by atoms with Gasteiger partial charge < -0.3 is 4.74 Å². The molecule has 0 amide bonds. The predicted molar refractivity (Wildman–Crippen MR) is 123 cm³/mol. The van der Waals surface area contributed by atoms with E-state index in [0.29, 0.717) is 31.8 Å². The van der Waals surface area contributed by atoms with Crippen molar-refractivity contribution in [3.8, 4) is 0 Å². The summed E-state index contributed by atoms with van der Waals surface area (Å²) in [5.74, 6) is 0.257. The Hall–Kier alpha value is 0.340. The Morgan fingerprint density at radius 3 is 1.77 bits per heavy atom. The quantitative estimate of drug-likeness (QED) is 0.106. The van der Waals surface area contributed by atoms with E-state index >= 15 is 0 Å². The molecule has 0 aromatic carbocycles. The average molecular weight is 460 g/mol. The van der Waals surface area contributed by atoms with Gasteiger partial charge in [0.2, 0.25) is 0 Å². The summed E-state index contributed by atoms with van der Waals surface area (Å²) < 4.78 is 41.1. The fourth-order valence-electron chi connectivity index (χ4n) is 3.25. The fraction of sp³-hybridized carbons (Fsp3) is 0.955. The van der Waals surface area contributed by atoms with Crippen LogP contribution in [0, 0.1) is 5.92 Å². The maximum Gasteiger partial charge on any atom is 0.397 e. The summed E-state index contributed by atoms with van der Waals surface area (Å²) in [4.78, 5) is 11.5. The van der Waals surface area contributed by atoms with Crippen molar-refractivity contribution in [2.45, 2.75) is 123 Å². The summed E-state index contributed by atoms with van der Waals surface area (Å²) >= 11 is 0. The first-order chi connectivity index (χ1) is 13.7. The largest absolute Gasteiger partial charge is 0.465 e.